The van der Waals surface area contributed by atoms with Crippen molar-refractivity contribution in [3.63, 3.8) is 0 Å². The van der Waals surface area contributed by atoms with E-state index in [0.717, 1.165) is 29.3 Å². The lowest BCUT2D eigenvalue weighted by Gasteiger charge is -2.21. The van der Waals surface area contributed by atoms with Crippen LogP contribution in [0, 0.1) is 13.8 Å². The largest absolute Gasteiger partial charge is 0.493 e. The van der Waals surface area contributed by atoms with Crippen molar-refractivity contribution in [3.8, 4) is 5.75 Å². The fourth-order valence-electron chi connectivity index (χ4n) is 4.02. The van der Waals surface area contributed by atoms with Crippen molar-refractivity contribution < 1.29 is 4.74 Å². The predicted molar refractivity (Wildman–Crippen MR) is 136 cm³/mol. The zero-order chi connectivity index (χ0) is 22.1. The number of unbranched alkanes of at least 4 members (excludes halogenated alkanes) is 1. The summed E-state index contributed by atoms with van der Waals surface area (Å²) in [5.41, 5.74) is 4.65. The number of thiazole rings is 1. The Morgan fingerprint density at radius 1 is 0.935 bits per heavy atom. The Labute approximate surface area is 191 Å². The Kier molecular flexibility index (Phi) is 9.11. The Bertz CT molecular complexity index is 930. The lowest BCUT2D eigenvalue weighted by atomic mass is 10.1. The van der Waals surface area contributed by atoms with Crippen molar-refractivity contribution in [1.29, 1.82) is 0 Å². The van der Waals surface area contributed by atoms with E-state index in [4.69, 9.17) is 4.74 Å². The molecule has 0 saturated carbocycles. The summed E-state index contributed by atoms with van der Waals surface area (Å²) in [4.78, 5) is 7.26. The molecule has 166 valence electrons. The maximum Gasteiger partial charge on any atom is 0.125 e. The average Bonchev–Trinajstić information content (AvgIpc) is 3.17. The van der Waals surface area contributed by atoms with Gasteiger partial charge in [0.05, 0.1) is 16.8 Å². The number of hydrogen-bond acceptors (Lipinski definition) is 4. The second kappa shape index (κ2) is 12.0. The Morgan fingerprint density at radius 3 is 2.32 bits per heavy atom. The summed E-state index contributed by atoms with van der Waals surface area (Å²) in [6, 6.07) is 12.7. The molecule has 0 spiro atoms. The monoisotopic (exact) mass is 436 g/mol. The van der Waals surface area contributed by atoms with Crippen molar-refractivity contribution in [2.45, 2.75) is 53.4 Å². The maximum absolute atomic E-state index is 6.17. The van der Waals surface area contributed by atoms with E-state index in [1.54, 1.807) is 11.3 Å². The Balaban J connectivity index is 1.53. The van der Waals surface area contributed by atoms with Gasteiger partial charge >= 0.3 is 0 Å². The lowest BCUT2D eigenvalue weighted by Crippen LogP contribution is -2.26. The molecule has 0 aliphatic carbocycles. The third-order valence-corrected chi connectivity index (χ3v) is 6.41. The van der Waals surface area contributed by atoms with Crippen LogP contribution in [0.25, 0.3) is 22.4 Å². The third-order valence-electron chi connectivity index (χ3n) is 5.41. The minimum atomic E-state index is 0.786. The maximum atomic E-state index is 6.17. The Hall–Kier alpha value is -2.17. The van der Waals surface area contributed by atoms with Crippen LogP contribution in [0.4, 0.5) is 0 Å². The molecule has 3 aromatic rings. The lowest BCUT2D eigenvalue weighted by molar-refractivity contribution is 0.249. The van der Waals surface area contributed by atoms with Gasteiger partial charge < -0.3 is 9.64 Å². The molecule has 0 fully saturated rings. The minimum Gasteiger partial charge on any atom is -0.493 e. The standard InChI is InChI=1S/C27H36N2OS/c1-5-15-29(16-6-2)17-9-10-18-30-27-21(3)19-23(20-22(27)4)13-14-26-28-24-11-7-8-12-25(24)31-26/h7-8,11-14,19-20H,5-6,9-10,15-18H2,1-4H3. The molecule has 3 nitrogen and oxygen atoms in total. The highest BCUT2D eigenvalue weighted by atomic mass is 32.1. The van der Waals surface area contributed by atoms with E-state index in [-0.39, 0.29) is 0 Å². The van der Waals surface area contributed by atoms with Gasteiger partial charge in [-0.25, -0.2) is 4.98 Å². The van der Waals surface area contributed by atoms with E-state index in [9.17, 15) is 0 Å². The normalized spacial score (nSPS) is 11.8. The summed E-state index contributed by atoms with van der Waals surface area (Å²) in [6.45, 7) is 13.2. The Morgan fingerprint density at radius 2 is 1.65 bits per heavy atom. The quantitative estimate of drug-likeness (QED) is 0.277. The summed E-state index contributed by atoms with van der Waals surface area (Å²) in [6.07, 6.45) is 9.02. The molecule has 1 aromatic heterocycles. The molecule has 0 N–H and O–H groups in total. The highest BCUT2D eigenvalue weighted by molar-refractivity contribution is 7.19. The van der Waals surface area contributed by atoms with Gasteiger partial charge in [0.1, 0.15) is 10.8 Å². The summed E-state index contributed by atoms with van der Waals surface area (Å²) < 4.78 is 7.40. The molecule has 0 radical (unpaired) electrons. The van der Waals surface area contributed by atoms with Crippen LogP contribution >= 0.6 is 11.3 Å². The number of aromatic nitrogens is 1. The van der Waals surface area contributed by atoms with E-state index in [1.807, 2.05) is 6.07 Å². The van der Waals surface area contributed by atoms with Gasteiger partial charge in [0, 0.05) is 0 Å². The smallest absolute Gasteiger partial charge is 0.125 e. The van der Waals surface area contributed by atoms with E-state index >= 15 is 0 Å². The summed E-state index contributed by atoms with van der Waals surface area (Å²) in [5.74, 6) is 1.04. The second-order valence-electron chi connectivity index (χ2n) is 8.23. The first kappa shape index (κ1) is 23.5. The molecule has 3 rings (SSSR count). The topological polar surface area (TPSA) is 25.4 Å². The van der Waals surface area contributed by atoms with Crippen molar-refractivity contribution >= 4 is 33.7 Å². The molecule has 0 bridgehead atoms. The molecule has 31 heavy (non-hydrogen) atoms. The van der Waals surface area contributed by atoms with E-state index < -0.39 is 0 Å². The van der Waals surface area contributed by atoms with Gasteiger partial charge in [0.2, 0.25) is 0 Å². The van der Waals surface area contributed by atoms with Crippen LogP contribution in [0.2, 0.25) is 0 Å². The first-order chi connectivity index (χ1) is 15.1. The number of nitrogens with zero attached hydrogens (tertiary/aromatic N) is 2. The molecule has 0 aliphatic rings. The van der Waals surface area contributed by atoms with E-state index in [2.05, 4.69) is 80.1 Å². The minimum absolute atomic E-state index is 0.786. The van der Waals surface area contributed by atoms with Gasteiger partial charge in [0.15, 0.2) is 0 Å². The molecule has 0 saturated heterocycles. The predicted octanol–water partition coefficient (Wildman–Crippen LogP) is 7.36. The fraction of sp³-hybridized carbons (Fsp3) is 0.444. The molecule has 0 amide bonds. The average molecular weight is 437 g/mol. The van der Waals surface area contributed by atoms with Crippen molar-refractivity contribution in [2.24, 2.45) is 0 Å². The van der Waals surface area contributed by atoms with Gasteiger partial charge in [-0.3, -0.25) is 0 Å². The highest BCUT2D eigenvalue weighted by Crippen LogP contribution is 2.27. The van der Waals surface area contributed by atoms with Crippen LogP contribution < -0.4 is 4.74 Å². The third kappa shape index (κ3) is 6.91. The number of fused-ring (bicyclic) bond motifs is 1. The van der Waals surface area contributed by atoms with Gasteiger partial charge in [-0.15, -0.1) is 11.3 Å². The molecular weight excluding hydrogens is 400 g/mol. The van der Waals surface area contributed by atoms with Crippen LogP contribution in [0.15, 0.2) is 36.4 Å². The zero-order valence-electron chi connectivity index (χ0n) is 19.5. The number of benzene rings is 2. The second-order valence-corrected chi connectivity index (χ2v) is 9.30. The molecule has 0 unspecified atom stereocenters. The zero-order valence-corrected chi connectivity index (χ0v) is 20.3. The number of ether oxygens (including phenoxy) is 1. The molecular formula is C27H36N2OS. The van der Waals surface area contributed by atoms with Crippen LogP contribution in [0.1, 0.15) is 61.2 Å². The van der Waals surface area contributed by atoms with E-state index in [0.29, 0.717) is 0 Å². The summed E-state index contributed by atoms with van der Waals surface area (Å²) in [7, 11) is 0. The number of aryl methyl sites for hydroxylation is 2. The van der Waals surface area contributed by atoms with E-state index in [1.165, 1.54) is 60.3 Å². The number of para-hydroxylation sites is 1. The first-order valence-corrected chi connectivity index (χ1v) is 12.4. The van der Waals surface area contributed by atoms with Gasteiger partial charge in [-0.05, 0) is 106 Å². The molecule has 0 aliphatic heterocycles. The van der Waals surface area contributed by atoms with Crippen molar-refractivity contribution in [3.05, 3.63) is 58.1 Å². The molecule has 1 heterocycles. The highest BCUT2D eigenvalue weighted by Gasteiger charge is 2.07. The van der Waals surface area contributed by atoms with Crippen LogP contribution in [0.5, 0.6) is 5.75 Å². The SMILES string of the molecule is CCCN(CCC)CCCCOc1c(C)cc(C=Cc2nc3ccccc3s2)cc1C. The van der Waals surface area contributed by atoms with Crippen molar-refractivity contribution in [2.75, 3.05) is 26.2 Å². The van der Waals surface area contributed by atoms with Crippen LogP contribution in [-0.2, 0) is 0 Å². The summed E-state index contributed by atoms with van der Waals surface area (Å²) in [5, 5.41) is 1.04. The number of rotatable bonds is 12. The van der Waals surface area contributed by atoms with Crippen LogP contribution in [-0.4, -0.2) is 36.1 Å². The van der Waals surface area contributed by atoms with Gasteiger partial charge in [-0.2, -0.15) is 0 Å². The molecule has 4 heteroatoms. The summed E-state index contributed by atoms with van der Waals surface area (Å²) >= 11 is 1.73. The fourth-order valence-corrected chi connectivity index (χ4v) is 4.89. The van der Waals surface area contributed by atoms with Crippen molar-refractivity contribution in [1.82, 2.24) is 9.88 Å². The first-order valence-electron chi connectivity index (χ1n) is 11.6. The molecule has 2 aromatic carbocycles. The molecule has 0 atom stereocenters. The van der Waals surface area contributed by atoms with Crippen LogP contribution in [0.3, 0.4) is 0 Å². The number of hydrogen-bond donors (Lipinski definition) is 0. The van der Waals surface area contributed by atoms with Gasteiger partial charge in [-0.1, -0.05) is 32.1 Å². The van der Waals surface area contributed by atoms with Gasteiger partial charge in [0.25, 0.3) is 0 Å².